The van der Waals surface area contributed by atoms with Crippen LogP contribution in [0.25, 0.3) is 21.3 Å². The van der Waals surface area contributed by atoms with Crippen LogP contribution in [0.4, 0.5) is 5.69 Å². The van der Waals surface area contributed by atoms with Gasteiger partial charge in [-0.15, -0.1) is 11.3 Å². The van der Waals surface area contributed by atoms with Gasteiger partial charge in [-0.3, -0.25) is 14.2 Å². The van der Waals surface area contributed by atoms with E-state index in [-0.39, 0.29) is 18.0 Å². The number of nitrogens with zero attached hydrogens (tertiary/aromatic N) is 2. The first-order valence-electron chi connectivity index (χ1n) is 10.1. The van der Waals surface area contributed by atoms with Gasteiger partial charge in [0.05, 0.1) is 18.3 Å². The van der Waals surface area contributed by atoms with E-state index < -0.39 is 0 Å². The lowest BCUT2D eigenvalue weighted by Crippen LogP contribution is -2.27. The Labute approximate surface area is 184 Å². The highest BCUT2D eigenvalue weighted by Crippen LogP contribution is 2.31. The van der Waals surface area contributed by atoms with Crippen LogP contribution in [-0.2, 0) is 11.3 Å². The smallest absolute Gasteiger partial charge is 0.263 e. The number of thiophene rings is 1. The Morgan fingerprint density at radius 2 is 2.00 bits per heavy atom. The fraction of sp³-hybridized carbons (Fsp3) is 0.208. The first kappa shape index (κ1) is 20.8. The van der Waals surface area contributed by atoms with E-state index in [0.717, 1.165) is 28.9 Å². The predicted molar refractivity (Wildman–Crippen MR) is 125 cm³/mol. The predicted octanol–water partition coefficient (Wildman–Crippen LogP) is 4.86. The fourth-order valence-corrected chi connectivity index (χ4v) is 4.23. The molecule has 0 aliphatic carbocycles. The maximum Gasteiger partial charge on any atom is 0.263 e. The van der Waals surface area contributed by atoms with Crippen molar-refractivity contribution in [1.29, 1.82) is 0 Å². The van der Waals surface area contributed by atoms with Crippen molar-refractivity contribution in [3.05, 3.63) is 76.2 Å². The summed E-state index contributed by atoms with van der Waals surface area (Å²) in [6.45, 7) is 4.58. The quantitative estimate of drug-likeness (QED) is 0.452. The van der Waals surface area contributed by atoms with Crippen molar-refractivity contribution in [2.45, 2.75) is 26.8 Å². The van der Waals surface area contributed by atoms with Crippen molar-refractivity contribution in [3.63, 3.8) is 0 Å². The van der Waals surface area contributed by atoms with Gasteiger partial charge in [-0.1, -0.05) is 31.2 Å². The summed E-state index contributed by atoms with van der Waals surface area (Å²) in [7, 11) is 0. The molecule has 2 aromatic heterocycles. The number of hydrogen-bond donors (Lipinski definition) is 1. The molecule has 0 aliphatic rings. The number of aryl methyl sites for hydroxylation is 1. The first-order valence-corrected chi connectivity index (χ1v) is 11.0. The SMILES string of the molecule is CCCOc1ccc(-c2csc3ncn(CC(=O)Nc4cccc(C)c4)c(=O)c23)cc1. The largest absolute Gasteiger partial charge is 0.494 e. The molecule has 0 unspecified atom stereocenters. The molecule has 4 rings (SSSR count). The summed E-state index contributed by atoms with van der Waals surface area (Å²) in [5.74, 6) is 0.525. The lowest BCUT2D eigenvalue weighted by Gasteiger charge is -2.09. The Hall–Kier alpha value is -3.45. The van der Waals surface area contributed by atoms with Crippen LogP contribution in [-0.4, -0.2) is 22.1 Å². The van der Waals surface area contributed by atoms with Gasteiger partial charge in [-0.05, 0) is 48.7 Å². The number of nitrogens with one attached hydrogen (secondary N) is 1. The third-order valence-corrected chi connectivity index (χ3v) is 5.70. The number of ether oxygens (including phenoxy) is 1. The summed E-state index contributed by atoms with van der Waals surface area (Å²) in [5, 5.41) is 5.29. The zero-order valence-electron chi connectivity index (χ0n) is 17.4. The lowest BCUT2D eigenvalue weighted by molar-refractivity contribution is -0.116. The lowest BCUT2D eigenvalue weighted by atomic mass is 10.1. The molecule has 2 aromatic carbocycles. The van der Waals surface area contributed by atoms with Gasteiger partial charge in [0.2, 0.25) is 5.91 Å². The van der Waals surface area contributed by atoms with Crippen molar-refractivity contribution < 1.29 is 9.53 Å². The minimum absolute atomic E-state index is 0.102. The maximum atomic E-state index is 13.2. The van der Waals surface area contributed by atoms with E-state index in [2.05, 4.69) is 17.2 Å². The number of hydrogen-bond acceptors (Lipinski definition) is 5. The van der Waals surface area contributed by atoms with E-state index in [1.54, 1.807) is 0 Å². The van der Waals surface area contributed by atoms with Gasteiger partial charge in [0.1, 0.15) is 17.1 Å². The highest BCUT2D eigenvalue weighted by atomic mass is 32.1. The Morgan fingerprint density at radius 1 is 1.19 bits per heavy atom. The van der Waals surface area contributed by atoms with Crippen LogP contribution in [0.1, 0.15) is 18.9 Å². The molecule has 7 heteroatoms. The number of fused-ring (bicyclic) bond motifs is 1. The van der Waals surface area contributed by atoms with Crippen LogP contribution in [0.15, 0.2) is 65.0 Å². The van der Waals surface area contributed by atoms with E-state index in [4.69, 9.17) is 4.74 Å². The van der Waals surface area contributed by atoms with Gasteiger partial charge in [-0.2, -0.15) is 0 Å². The fourth-order valence-electron chi connectivity index (χ4n) is 3.32. The molecular weight excluding hydrogens is 410 g/mol. The molecular formula is C24H23N3O3S. The third kappa shape index (κ3) is 4.67. The minimum Gasteiger partial charge on any atom is -0.494 e. The molecule has 6 nitrogen and oxygen atoms in total. The van der Waals surface area contributed by atoms with E-state index in [0.29, 0.717) is 22.5 Å². The normalized spacial score (nSPS) is 10.9. The Balaban J connectivity index is 1.60. The topological polar surface area (TPSA) is 73.2 Å². The summed E-state index contributed by atoms with van der Waals surface area (Å²) in [6, 6.07) is 15.2. The molecule has 0 spiro atoms. The van der Waals surface area contributed by atoms with Crippen LogP contribution >= 0.6 is 11.3 Å². The van der Waals surface area contributed by atoms with Crippen molar-refractivity contribution in [1.82, 2.24) is 9.55 Å². The van der Waals surface area contributed by atoms with E-state index in [9.17, 15) is 9.59 Å². The van der Waals surface area contributed by atoms with E-state index >= 15 is 0 Å². The standard InChI is InChI=1S/C24H23N3O3S/c1-3-11-30-19-9-7-17(8-10-19)20-14-31-23-22(20)24(29)27(15-25-23)13-21(28)26-18-6-4-5-16(2)12-18/h4-10,12,14-15H,3,11,13H2,1-2H3,(H,26,28). The molecule has 31 heavy (non-hydrogen) atoms. The Morgan fingerprint density at radius 3 is 2.74 bits per heavy atom. The number of aromatic nitrogens is 2. The second kappa shape index (κ2) is 9.14. The number of amides is 1. The average Bonchev–Trinajstić information content (AvgIpc) is 3.19. The molecule has 4 aromatic rings. The summed E-state index contributed by atoms with van der Waals surface area (Å²) in [4.78, 5) is 30.7. The number of benzene rings is 2. The first-order chi connectivity index (χ1) is 15.0. The van der Waals surface area contributed by atoms with Gasteiger partial charge in [0.25, 0.3) is 5.56 Å². The zero-order chi connectivity index (χ0) is 21.8. The van der Waals surface area contributed by atoms with Crippen LogP contribution in [0, 0.1) is 6.92 Å². The van der Waals surface area contributed by atoms with E-state index in [1.807, 2.05) is 60.8 Å². The van der Waals surface area contributed by atoms with Gasteiger partial charge in [0.15, 0.2) is 0 Å². The summed E-state index contributed by atoms with van der Waals surface area (Å²) in [6.07, 6.45) is 2.38. The molecule has 0 aliphatic heterocycles. The molecule has 1 amide bonds. The van der Waals surface area contributed by atoms with Crippen molar-refractivity contribution in [2.24, 2.45) is 0 Å². The molecule has 0 fully saturated rings. The monoisotopic (exact) mass is 433 g/mol. The van der Waals surface area contributed by atoms with Crippen LogP contribution in [0.3, 0.4) is 0 Å². The number of carbonyl (C=O) groups is 1. The maximum absolute atomic E-state index is 13.2. The average molecular weight is 434 g/mol. The molecule has 0 atom stereocenters. The minimum atomic E-state index is -0.275. The van der Waals surface area contributed by atoms with Crippen LogP contribution in [0.5, 0.6) is 5.75 Å². The molecule has 0 saturated heterocycles. The van der Waals surface area contributed by atoms with E-state index in [1.165, 1.54) is 22.2 Å². The van der Waals surface area contributed by atoms with Gasteiger partial charge in [-0.25, -0.2) is 4.98 Å². The number of anilines is 1. The Bertz CT molecular complexity index is 1280. The number of rotatable bonds is 7. The number of carbonyl (C=O) groups excluding carboxylic acids is 1. The molecule has 158 valence electrons. The van der Waals surface area contributed by atoms with Gasteiger partial charge < -0.3 is 10.1 Å². The highest BCUT2D eigenvalue weighted by molar-refractivity contribution is 7.17. The van der Waals surface area contributed by atoms with Crippen molar-refractivity contribution >= 4 is 33.1 Å². The summed E-state index contributed by atoms with van der Waals surface area (Å²) < 4.78 is 6.99. The second-order valence-corrected chi connectivity index (χ2v) is 8.16. The summed E-state index contributed by atoms with van der Waals surface area (Å²) >= 11 is 1.42. The molecule has 0 bridgehead atoms. The van der Waals surface area contributed by atoms with Gasteiger partial charge in [0, 0.05) is 16.6 Å². The Kier molecular flexibility index (Phi) is 6.13. The molecule has 0 radical (unpaired) electrons. The third-order valence-electron chi connectivity index (χ3n) is 4.81. The zero-order valence-corrected chi connectivity index (χ0v) is 18.2. The molecule has 2 heterocycles. The second-order valence-electron chi connectivity index (χ2n) is 7.30. The van der Waals surface area contributed by atoms with Gasteiger partial charge >= 0.3 is 0 Å². The highest BCUT2D eigenvalue weighted by Gasteiger charge is 2.15. The van der Waals surface area contributed by atoms with Crippen molar-refractivity contribution in [2.75, 3.05) is 11.9 Å². The van der Waals surface area contributed by atoms with Crippen molar-refractivity contribution in [3.8, 4) is 16.9 Å². The van der Waals surface area contributed by atoms with Crippen LogP contribution < -0.4 is 15.6 Å². The van der Waals surface area contributed by atoms with Crippen LogP contribution in [0.2, 0.25) is 0 Å². The molecule has 0 saturated carbocycles. The summed E-state index contributed by atoms with van der Waals surface area (Å²) in [5.41, 5.74) is 3.25. The molecule has 1 N–H and O–H groups in total.